The number of para-hydroxylation sites is 3. The number of H-pyrrole nitrogens is 1. The summed E-state index contributed by atoms with van der Waals surface area (Å²) in [5, 5.41) is 2.81. The van der Waals surface area contributed by atoms with E-state index in [-0.39, 0.29) is 12.5 Å². The number of rotatable bonds is 5. The number of nitrogens with one attached hydrogen (secondary N) is 2. The van der Waals surface area contributed by atoms with Crippen molar-refractivity contribution < 1.29 is 9.53 Å². The van der Waals surface area contributed by atoms with Gasteiger partial charge in [0.2, 0.25) is 5.95 Å². The highest BCUT2D eigenvalue weighted by Gasteiger charge is 2.15. The number of hydrogen-bond acceptors (Lipinski definition) is 4. The van der Waals surface area contributed by atoms with Crippen molar-refractivity contribution in [2.24, 2.45) is 0 Å². The van der Waals surface area contributed by atoms with Gasteiger partial charge in [-0.1, -0.05) is 30.3 Å². The van der Waals surface area contributed by atoms with Crippen LogP contribution in [0.3, 0.4) is 0 Å². The quantitative estimate of drug-likeness (QED) is 0.462. The lowest BCUT2D eigenvalue weighted by atomic mass is 10.2. The first-order valence-corrected chi connectivity index (χ1v) is 9.58. The average Bonchev–Trinajstić information content (AvgIpc) is 3.36. The van der Waals surface area contributed by atoms with Crippen LogP contribution in [-0.4, -0.2) is 25.3 Å². The Hall–Kier alpha value is -4.13. The molecular formula is C23H19N5O2. The van der Waals surface area contributed by atoms with Crippen LogP contribution in [0.2, 0.25) is 0 Å². The van der Waals surface area contributed by atoms with Crippen LogP contribution in [0, 0.1) is 6.92 Å². The third kappa shape index (κ3) is 3.37. The Morgan fingerprint density at radius 1 is 1.07 bits per heavy atom. The van der Waals surface area contributed by atoms with Crippen molar-refractivity contribution in [1.29, 1.82) is 0 Å². The number of anilines is 1. The molecule has 0 saturated carbocycles. The van der Waals surface area contributed by atoms with E-state index in [2.05, 4.69) is 20.3 Å². The van der Waals surface area contributed by atoms with E-state index in [1.165, 1.54) is 0 Å². The van der Waals surface area contributed by atoms with Gasteiger partial charge in [-0.15, -0.1) is 0 Å². The molecule has 0 aliphatic heterocycles. The SMILES string of the molecule is Cc1cccn2cc(COc3ccccc3C(=O)Nc3nc4ccccc4[nH]3)nc12. The van der Waals surface area contributed by atoms with Gasteiger partial charge in [-0.05, 0) is 42.8 Å². The number of fused-ring (bicyclic) bond motifs is 2. The van der Waals surface area contributed by atoms with E-state index < -0.39 is 0 Å². The van der Waals surface area contributed by atoms with E-state index in [1.54, 1.807) is 18.2 Å². The minimum absolute atomic E-state index is 0.260. The Morgan fingerprint density at radius 2 is 1.90 bits per heavy atom. The number of aromatic amines is 1. The van der Waals surface area contributed by atoms with E-state index in [4.69, 9.17) is 4.74 Å². The van der Waals surface area contributed by atoms with E-state index in [1.807, 2.05) is 66.2 Å². The summed E-state index contributed by atoms with van der Waals surface area (Å²) in [5.74, 6) is 0.585. The van der Waals surface area contributed by atoms with Crippen molar-refractivity contribution in [2.75, 3.05) is 5.32 Å². The van der Waals surface area contributed by atoms with Crippen LogP contribution in [0.25, 0.3) is 16.7 Å². The normalized spacial score (nSPS) is 11.1. The fourth-order valence-electron chi connectivity index (χ4n) is 3.39. The van der Waals surface area contributed by atoms with Gasteiger partial charge in [0.1, 0.15) is 18.0 Å². The summed E-state index contributed by atoms with van der Waals surface area (Å²) in [4.78, 5) is 24.9. The van der Waals surface area contributed by atoms with E-state index >= 15 is 0 Å². The molecule has 30 heavy (non-hydrogen) atoms. The zero-order valence-electron chi connectivity index (χ0n) is 16.3. The fraction of sp³-hybridized carbons (Fsp3) is 0.0870. The van der Waals surface area contributed by atoms with Gasteiger partial charge in [-0.3, -0.25) is 10.1 Å². The van der Waals surface area contributed by atoms with Gasteiger partial charge in [-0.2, -0.15) is 0 Å². The lowest BCUT2D eigenvalue weighted by Crippen LogP contribution is -2.14. The second kappa shape index (κ2) is 7.36. The molecule has 0 fully saturated rings. The molecule has 7 heteroatoms. The Balaban J connectivity index is 1.35. The molecule has 0 aliphatic carbocycles. The highest BCUT2D eigenvalue weighted by molar-refractivity contribution is 6.05. The molecule has 0 aliphatic rings. The van der Waals surface area contributed by atoms with Gasteiger partial charge < -0.3 is 14.1 Å². The highest BCUT2D eigenvalue weighted by atomic mass is 16.5. The molecule has 0 atom stereocenters. The highest BCUT2D eigenvalue weighted by Crippen LogP contribution is 2.22. The largest absolute Gasteiger partial charge is 0.486 e. The molecular weight excluding hydrogens is 378 g/mol. The molecule has 0 saturated heterocycles. The Labute approximate surface area is 172 Å². The number of carbonyl (C=O) groups excluding carboxylic acids is 1. The van der Waals surface area contributed by atoms with Crippen LogP contribution in [0.4, 0.5) is 5.95 Å². The van der Waals surface area contributed by atoms with Crippen molar-refractivity contribution in [2.45, 2.75) is 13.5 Å². The minimum Gasteiger partial charge on any atom is -0.486 e. The Kier molecular flexibility index (Phi) is 4.40. The second-order valence-electron chi connectivity index (χ2n) is 7.00. The summed E-state index contributed by atoms with van der Waals surface area (Å²) < 4.78 is 7.91. The molecule has 2 N–H and O–H groups in total. The molecule has 0 unspecified atom stereocenters. The maximum atomic E-state index is 12.8. The number of ether oxygens (including phenoxy) is 1. The number of imidazole rings is 2. The molecule has 0 spiro atoms. The maximum Gasteiger partial charge on any atom is 0.261 e. The lowest BCUT2D eigenvalue weighted by Gasteiger charge is -2.10. The van der Waals surface area contributed by atoms with Gasteiger partial charge in [0, 0.05) is 12.4 Å². The van der Waals surface area contributed by atoms with Gasteiger partial charge in [-0.25, -0.2) is 9.97 Å². The number of nitrogens with zero attached hydrogens (tertiary/aromatic N) is 3. The number of carbonyl (C=O) groups is 1. The first-order valence-electron chi connectivity index (χ1n) is 9.58. The molecule has 0 bridgehead atoms. The summed E-state index contributed by atoms with van der Waals surface area (Å²) in [6.07, 6.45) is 3.88. The maximum absolute atomic E-state index is 12.8. The topological polar surface area (TPSA) is 84.3 Å². The monoisotopic (exact) mass is 397 g/mol. The molecule has 0 radical (unpaired) electrons. The average molecular weight is 397 g/mol. The van der Waals surface area contributed by atoms with Gasteiger partial charge in [0.05, 0.1) is 22.3 Å². The Morgan fingerprint density at radius 3 is 2.77 bits per heavy atom. The third-order valence-electron chi connectivity index (χ3n) is 4.86. The summed E-state index contributed by atoms with van der Waals surface area (Å²) in [6, 6.07) is 18.7. The van der Waals surface area contributed by atoms with Crippen molar-refractivity contribution in [3.05, 3.63) is 89.9 Å². The molecule has 5 aromatic rings. The molecule has 3 aromatic heterocycles. The predicted molar refractivity (Wildman–Crippen MR) is 115 cm³/mol. The number of aryl methyl sites for hydroxylation is 1. The van der Waals surface area contributed by atoms with Gasteiger partial charge in [0.15, 0.2) is 0 Å². The molecule has 5 rings (SSSR count). The van der Waals surface area contributed by atoms with Gasteiger partial charge >= 0.3 is 0 Å². The van der Waals surface area contributed by atoms with E-state index in [0.717, 1.165) is 27.9 Å². The number of hydrogen-bond donors (Lipinski definition) is 2. The zero-order valence-corrected chi connectivity index (χ0v) is 16.3. The smallest absolute Gasteiger partial charge is 0.261 e. The minimum atomic E-state index is -0.296. The van der Waals surface area contributed by atoms with Crippen molar-refractivity contribution >= 4 is 28.5 Å². The molecule has 7 nitrogen and oxygen atoms in total. The van der Waals surface area contributed by atoms with Crippen LogP contribution < -0.4 is 10.1 Å². The van der Waals surface area contributed by atoms with Crippen LogP contribution in [0.1, 0.15) is 21.6 Å². The Bertz CT molecular complexity index is 1340. The predicted octanol–water partition coefficient (Wildman–Crippen LogP) is 4.35. The first-order chi connectivity index (χ1) is 14.7. The molecule has 1 amide bonds. The summed E-state index contributed by atoms with van der Waals surface area (Å²) in [5.41, 5.74) is 4.86. The fourth-order valence-corrected chi connectivity index (χ4v) is 3.39. The van der Waals surface area contributed by atoms with Crippen molar-refractivity contribution in [3.8, 4) is 5.75 Å². The van der Waals surface area contributed by atoms with E-state index in [0.29, 0.717) is 17.3 Å². The van der Waals surface area contributed by atoms with E-state index in [9.17, 15) is 4.79 Å². The number of aromatic nitrogens is 4. The molecule has 2 aromatic carbocycles. The third-order valence-corrected chi connectivity index (χ3v) is 4.86. The molecule has 148 valence electrons. The lowest BCUT2D eigenvalue weighted by molar-refractivity contribution is 0.102. The summed E-state index contributed by atoms with van der Waals surface area (Å²) in [7, 11) is 0. The van der Waals surface area contributed by atoms with Crippen LogP contribution in [-0.2, 0) is 6.61 Å². The summed E-state index contributed by atoms with van der Waals surface area (Å²) in [6.45, 7) is 2.28. The van der Waals surface area contributed by atoms with Crippen LogP contribution in [0.15, 0.2) is 73.1 Å². The number of benzene rings is 2. The van der Waals surface area contributed by atoms with Crippen molar-refractivity contribution in [3.63, 3.8) is 0 Å². The van der Waals surface area contributed by atoms with Gasteiger partial charge in [0.25, 0.3) is 5.91 Å². The molecule has 3 heterocycles. The number of amides is 1. The standard InChI is InChI=1S/C23H19N5O2/c1-15-7-6-12-28-13-16(24-21(15)28)14-30-20-11-5-2-8-17(20)22(29)27-23-25-18-9-3-4-10-19(18)26-23/h2-13H,14H2,1H3,(H2,25,26,27,29). The first kappa shape index (κ1) is 17.9. The second-order valence-corrected chi connectivity index (χ2v) is 7.00. The summed E-state index contributed by atoms with van der Waals surface area (Å²) >= 11 is 0. The van der Waals surface area contributed by atoms with Crippen LogP contribution >= 0.6 is 0 Å². The zero-order chi connectivity index (χ0) is 20.5. The van der Waals surface area contributed by atoms with Crippen LogP contribution in [0.5, 0.6) is 5.75 Å². The van der Waals surface area contributed by atoms with Crippen molar-refractivity contribution in [1.82, 2.24) is 19.4 Å². The number of pyridine rings is 1.